The summed E-state index contributed by atoms with van der Waals surface area (Å²) in [7, 11) is 0. The van der Waals surface area contributed by atoms with Gasteiger partial charge in [0, 0.05) is 6.07 Å². The van der Waals surface area contributed by atoms with Gasteiger partial charge in [0.05, 0.1) is 5.69 Å². The topological polar surface area (TPSA) is 35.3 Å². The molecule has 1 aromatic heterocycles. The summed E-state index contributed by atoms with van der Waals surface area (Å²) in [5, 5.41) is 3.82. The van der Waals surface area contributed by atoms with Gasteiger partial charge in [0.25, 0.3) is 0 Å². The second-order valence-electron chi connectivity index (χ2n) is 4.60. The molecular formula is C15H19NO2. The molecule has 3 heteroatoms. The molecule has 1 atom stereocenters. The van der Waals surface area contributed by atoms with Crippen molar-refractivity contribution < 1.29 is 9.26 Å². The fourth-order valence-electron chi connectivity index (χ4n) is 1.77. The number of hydrogen-bond acceptors (Lipinski definition) is 3. The maximum Gasteiger partial charge on any atom is 0.174 e. The zero-order valence-electron chi connectivity index (χ0n) is 11.1. The Hall–Kier alpha value is -1.77. The zero-order valence-corrected chi connectivity index (χ0v) is 11.1. The lowest BCUT2D eigenvalue weighted by atomic mass is 9.99. The summed E-state index contributed by atoms with van der Waals surface area (Å²) < 4.78 is 10.7. The normalized spacial score (nSPS) is 12.4. The van der Waals surface area contributed by atoms with Crippen LogP contribution in [0.15, 0.2) is 34.9 Å². The predicted octanol–water partition coefficient (Wildman–Crippen LogP) is 4.08. The quantitative estimate of drug-likeness (QED) is 0.796. The molecule has 1 unspecified atom stereocenters. The van der Waals surface area contributed by atoms with E-state index in [1.807, 2.05) is 25.1 Å². The summed E-state index contributed by atoms with van der Waals surface area (Å²) in [6.45, 7) is 6.74. The molecule has 3 nitrogen and oxygen atoms in total. The predicted molar refractivity (Wildman–Crippen MR) is 70.7 cm³/mol. The van der Waals surface area contributed by atoms with Crippen LogP contribution in [0.5, 0.6) is 5.75 Å². The molecule has 1 aromatic carbocycles. The summed E-state index contributed by atoms with van der Waals surface area (Å²) in [4.78, 5) is 0. The Morgan fingerprint density at radius 1 is 1.28 bits per heavy atom. The average molecular weight is 245 g/mol. The van der Waals surface area contributed by atoms with E-state index in [0.717, 1.165) is 23.6 Å². The van der Waals surface area contributed by atoms with Crippen molar-refractivity contribution in [3.05, 3.63) is 47.3 Å². The van der Waals surface area contributed by atoms with Crippen molar-refractivity contribution in [2.24, 2.45) is 0 Å². The Bertz CT molecular complexity index is 487. The van der Waals surface area contributed by atoms with Crippen LogP contribution >= 0.6 is 0 Å². The van der Waals surface area contributed by atoms with Gasteiger partial charge in [0.1, 0.15) is 12.4 Å². The van der Waals surface area contributed by atoms with Gasteiger partial charge in [-0.2, -0.15) is 0 Å². The SMILES string of the molecule is CCC(C)c1ccc(OCc2cc(C)no2)cc1. The molecule has 96 valence electrons. The van der Waals surface area contributed by atoms with Crippen molar-refractivity contribution >= 4 is 0 Å². The van der Waals surface area contributed by atoms with Crippen LogP contribution in [-0.2, 0) is 6.61 Å². The maximum absolute atomic E-state index is 5.64. The second-order valence-corrected chi connectivity index (χ2v) is 4.60. The average Bonchev–Trinajstić information content (AvgIpc) is 2.82. The molecule has 0 aliphatic rings. The number of ether oxygens (including phenoxy) is 1. The molecule has 0 saturated heterocycles. The molecule has 0 N–H and O–H groups in total. The number of rotatable bonds is 5. The molecule has 2 rings (SSSR count). The van der Waals surface area contributed by atoms with E-state index in [1.165, 1.54) is 5.56 Å². The molecule has 2 aromatic rings. The molecule has 1 heterocycles. The minimum absolute atomic E-state index is 0.420. The summed E-state index contributed by atoms with van der Waals surface area (Å²) in [6.07, 6.45) is 1.15. The van der Waals surface area contributed by atoms with E-state index in [1.54, 1.807) is 0 Å². The third-order valence-corrected chi connectivity index (χ3v) is 3.12. The highest BCUT2D eigenvalue weighted by atomic mass is 16.5. The highest BCUT2D eigenvalue weighted by molar-refractivity contribution is 5.29. The van der Waals surface area contributed by atoms with Crippen molar-refractivity contribution in [1.82, 2.24) is 5.16 Å². The Balaban J connectivity index is 1.94. The Labute approximate surface area is 108 Å². The molecule has 0 aliphatic carbocycles. The Morgan fingerprint density at radius 2 is 2.00 bits per heavy atom. The van der Waals surface area contributed by atoms with Crippen molar-refractivity contribution in [2.75, 3.05) is 0 Å². The third kappa shape index (κ3) is 3.13. The van der Waals surface area contributed by atoms with Gasteiger partial charge in [-0.05, 0) is 37.0 Å². The number of benzene rings is 1. The van der Waals surface area contributed by atoms with Crippen molar-refractivity contribution in [2.45, 2.75) is 39.7 Å². The van der Waals surface area contributed by atoms with Gasteiger partial charge >= 0.3 is 0 Å². The minimum atomic E-state index is 0.420. The molecule has 0 fully saturated rings. The highest BCUT2D eigenvalue weighted by Gasteiger charge is 2.04. The second kappa shape index (κ2) is 5.71. The van der Waals surface area contributed by atoms with Crippen LogP contribution in [0.1, 0.15) is 43.2 Å². The summed E-state index contributed by atoms with van der Waals surface area (Å²) in [5.41, 5.74) is 2.22. The zero-order chi connectivity index (χ0) is 13.0. The molecule has 0 saturated carbocycles. The first-order valence-electron chi connectivity index (χ1n) is 6.34. The van der Waals surface area contributed by atoms with Gasteiger partial charge in [-0.15, -0.1) is 0 Å². The number of aryl methyl sites for hydroxylation is 1. The first kappa shape index (κ1) is 12.7. The van der Waals surface area contributed by atoms with Gasteiger partial charge in [-0.3, -0.25) is 0 Å². The van der Waals surface area contributed by atoms with Crippen LogP contribution < -0.4 is 4.74 Å². The summed E-state index contributed by atoms with van der Waals surface area (Å²) in [6, 6.07) is 10.1. The van der Waals surface area contributed by atoms with Gasteiger partial charge in [0.2, 0.25) is 0 Å². The van der Waals surface area contributed by atoms with E-state index in [9.17, 15) is 0 Å². The van der Waals surface area contributed by atoms with Crippen LogP contribution in [0.3, 0.4) is 0 Å². The molecule has 0 aliphatic heterocycles. The number of aromatic nitrogens is 1. The molecule has 0 spiro atoms. The van der Waals surface area contributed by atoms with E-state index in [0.29, 0.717) is 12.5 Å². The lowest BCUT2D eigenvalue weighted by Gasteiger charge is -2.10. The molecule has 0 radical (unpaired) electrons. The Morgan fingerprint density at radius 3 is 2.56 bits per heavy atom. The molecular weight excluding hydrogens is 226 g/mol. The molecule has 18 heavy (non-hydrogen) atoms. The standard InChI is InChI=1S/C15H19NO2/c1-4-11(2)13-5-7-14(8-6-13)17-10-15-9-12(3)16-18-15/h5-9,11H,4,10H2,1-3H3. The lowest BCUT2D eigenvalue weighted by Crippen LogP contribution is -1.95. The van der Waals surface area contributed by atoms with E-state index in [-0.39, 0.29) is 0 Å². The van der Waals surface area contributed by atoms with Crippen LogP contribution in [-0.4, -0.2) is 5.16 Å². The monoisotopic (exact) mass is 245 g/mol. The molecule has 0 amide bonds. The third-order valence-electron chi connectivity index (χ3n) is 3.12. The van der Waals surface area contributed by atoms with Gasteiger partial charge in [-0.1, -0.05) is 31.1 Å². The van der Waals surface area contributed by atoms with Gasteiger partial charge in [-0.25, -0.2) is 0 Å². The first-order valence-corrected chi connectivity index (χ1v) is 6.34. The smallest absolute Gasteiger partial charge is 0.174 e. The summed E-state index contributed by atoms with van der Waals surface area (Å²) >= 11 is 0. The van der Waals surface area contributed by atoms with Crippen molar-refractivity contribution in [1.29, 1.82) is 0 Å². The van der Waals surface area contributed by atoms with E-state index in [4.69, 9.17) is 9.26 Å². The largest absolute Gasteiger partial charge is 0.486 e. The van der Waals surface area contributed by atoms with Gasteiger partial charge in [0.15, 0.2) is 5.76 Å². The number of hydrogen-bond donors (Lipinski definition) is 0. The lowest BCUT2D eigenvalue weighted by molar-refractivity contribution is 0.248. The van der Waals surface area contributed by atoms with Crippen LogP contribution in [0.2, 0.25) is 0 Å². The van der Waals surface area contributed by atoms with Crippen LogP contribution in [0.25, 0.3) is 0 Å². The minimum Gasteiger partial charge on any atom is -0.486 e. The maximum atomic E-state index is 5.64. The fraction of sp³-hybridized carbons (Fsp3) is 0.400. The van der Waals surface area contributed by atoms with E-state index in [2.05, 4.69) is 31.1 Å². The van der Waals surface area contributed by atoms with E-state index >= 15 is 0 Å². The summed E-state index contributed by atoms with van der Waals surface area (Å²) in [5.74, 6) is 2.20. The van der Waals surface area contributed by atoms with Gasteiger partial charge < -0.3 is 9.26 Å². The molecule has 0 bridgehead atoms. The van der Waals surface area contributed by atoms with Crippen molar-refractivity contribution in [3.8, 4) is 5.75 Å². The highest BCUT2D eigenvalue weighted by Crippen LogP contribution is 2.22. The van der Waals surface area contributed by atoms with Crippen LogP contribution in [0, 0.1) is 6.92 Å². The first-order chi connectivity index (χ1) is 8.69. The van der Waals surface area contributed by atoms with Crippen LogP contribution in [0.4, 0.5) is 0 Å². The van der Waals surface area contributed by atoms with E-state index < -0.39 is 0 Å². The Kier molecular flexibility index (Phi) is 4.03. The van der Waals surface area contributed by atoms with Crippen molar-refractivity contribution in [3.63, 3.8) is 0 Å². The fourth-order valence-corrected chi connectivity index (χ4v) is 1.77. The number of nitrogens with zero attached hydrogens (tertiary/aromatic N) is 1.